The molecule has 3 fully saturated rings. The number of nitrogens with one attached hydrogen (secondary N) is 4. The second kappa shape index (κ2) is 35.9. The number of amides is 4. The first-order valence-corrected chi connectivity index (χ1v) is 30.1. The van der Waals surface area contributed by atoms with Crippen molar-refractivity contribution in [1.29, 1.82) is 0 Å². The summed E-state index contributed by atoms with van der Waals surface area (Å²) in [7, 11) is 0. The van der Waals surface area contributed by atoms with Crippen LogP contribution in [-0.4, -0.2) is 152 Å². The predicted octanol–water partition coefficient (Wildman–Crippen LogP) is 5.17. The Bertz CT molecular complexity index is 2000. The normalized spacial score (nSPS) is 23.3. The molecule has 4 rings (SSSR count). The number of hydrogen-bond acceptors (Lipinski definition) is 15. The van der Waals surface area contributed by atoms with Crippen LogP contribution in [0.25, 0.3) is 0 Å². The minimum Gasteiger partial charge on any atom is -0.447 e. The molecule has 3 saturated carbocycles. The number of nitrogens with zero attached hydrogens (tertiary/aromatic N) is 3. The fourth-order valence-electron chi connectivity index (χ4n) is 13.5. The number of guanidine groups is 3. The molecular weight excluding hydrogens is 1060 g/mol. The van der Waals surface area contributed by atoms with Crippen LogP contribution < -0.4 is 55.7 Å². The lowest BCUT2D eigenvalue weighted by molar-refractivity contribution is -0.130. The number of hydrogen-bond donors (Lipinski definition) is 10. The number of alkyl carbamates (subject to hydrolysis) is 3. The summed E-state index contributed by atoms with van der Waals surface area (Å²) < 4.78 is 38.8. The maximum Gasteiger partial charge on any atom is 0.508 e. The lowest BCUT2D eigenvalue weighted by Gasteiger charge is -2.59. The number of fused-ring (bicyclic) bond motifs is 5. The van der Waals surface area contributed by atoms with E-state index in [0.717, 1.165) is 55.3 Å². The van der Waals surface area contributed by atoms with Crippen molar-refractivity contribution in [2.75, 3.05) is 92.1 Å². The molecule has 82 heavy (non-hydrogen) atoms. The first-order chi connectivity index (χ1) is 39.3. The van der Waals surface area contributed by atoms with Gasteiger partial charge in [-0.1, -0.05) is 84.8 Å². The zero-order chi connectivity index (χ0) is 60.0. The van der Waals surface area contributed by atoms with Crippen LogP contribution in [0.4, 0.5) is 19.2 Å². The Morgan fingerprint density at radius 2 is 1.22 bits per heavy atom. The van der Waals surface area contributed by atoms with Crippen LogP contribution >= 0.6 is 0 Å². The third kappa shape index (κ3) is 23.0. The molecule has 468 valence electrons. The summed E-state index contributed by atoms with van der Waals surface area (Å²) in [6, 6.07) is 0. The number of rotatable bonds is 37. The molecule has 0 bridgehead atoms. The molecule has 0 radical (unpaired) electrons. The van der Waals surface area contributed by atoms with Gasteiger partial charge in [-0.15, -0.1) is 0 Å². The zero-order valence-corrected chi connectivity index (χ0v) is 50.0. The molecular formula is C57H103N13O12. The summed E-state index contributed by atoms with van der Waals surface area (Å²) in [4.78, 5) is 76.4. The third-order valence-electron chi connectivity index (χ3n) is 17.2. The van der Waals surface area contributed by atoms with E-state index in [-0.39, 0.29) is 95.1 Å². The van der Waals surface area contributed by atoms with Crippen LogP contribution in [0.5, 0.6) is 0 Å². The van der Waals surface area contributed by atoms with Gasteiger partial charge in [0, 0.05) is 45.7 Å². The maximum atomic E-state index is 13.5. The largest absolute Gasteiger partial charge is 0.508 e. The Morgan fingerprint density at radius 1 is 0.659 bits per heavy atom. The smallest absolute Gasteiger partial charge is 0.447 e. The van der Waals surface area contributed by atoms with Gasteiger partial charge in [-0.25, -0.2) is 19.2 Å². The molecule has 4 aliphatic carbocycles. The van der Waals surface area contributed by atoms with E-state index in [4.69, 9.17) is 67.6 Å². The van der Waals surface area contributed by atoms with Crippen LogP contribution in [0.15, 0.2) is 26.6 Å². The summed E-state index contributed by atoms with van der Waals surface area (Å²) >= 11 is 0. The summed E-state index contributed by atoms with van der Waals surface area (Å²) in [5, 5.41) is 10.3. The van der Waals surface area contributed by atoms with Crippen molar-refractivity contribution in [3.63, 3.8) is 0 Å². The van der Waals surface area contributed by atoms with Gasteiger partial charge in [0.05, 0.1) is 19.8 Å². The van der Waals surface area contributed by atoms with Crippen molar-refractivity contribution in [2.45, 2.75) is 162 Å². The lowest BCUT2D eigenvalue weighted by atomic mass is 9.46. The number of carbonyl (C=O) groups is 5. The van der Waals surface area contributed by atoms with E-state index in [2.05, 4.69) is 76.9 Å². The molecule has 0 aromatic heterocycles. The van der Waals surface area contributed by atoms with Gasteiger partial charge in [0.2, 0.25) is 5.91 Å². The number of aliphatic imine (C=N–C) groups is 3. The van der Waals surface area contributed by atoms with E-state index in [9.17, 15) is 24.0 Å². The number of nitrogens with two attached hydrogens (primary N) is 6. The van der Waals surface area contributed by atoms with E-state index in [0.29, 0.717) is 30.6 Å². The minimum atomic E-state index is -1.83. The second-order valence-electron chi connectivity index (χ2n) is 23.3. The molecule has 0 aliphatic heterocycles. The fourth-order valence-corrected chi connectivity index (χ4v) is 13.5. The van der Waals surface area contributed by atoms with Gasteiger partial charge >= 0.3 is 24.4 Å². The Morgan fingerprint density at radius 3 is 1.77 bits per heavy atom. The maximum absolute atomic E-state index is 13.5. The van der Waals surface area contributed by atoms with Gasteiger partial charge in [0.25, 0.3) is 0 Å². The van der Waals surface area contributed by atoms with Crippen LogP contribution in [-0.2, 0) is 38.0 Å². The van der Waals surface area contributed by atoms with Gasteiger partial charge in [0.1, 0.15) is 44.7 Å². The molecule has 9 unspecified atom stereocenters. The Balaban J connectivity index is 1.25. The van der Waals surface area contributed by atoms with E-state index in [1.165, 1.54) is 76.2 Å². The zero-order valence-electron chi connectivity index (χ0n) is 50.0. The topological polar surface area (TPSA) is 391 Å². The summed E-state index contributed by atoms with van der Waals surface area (Å²) in [6.45, 7) is 10.8. The van der Waals surface area contributed by atoms with Crippen LogP contribution in [0.3, 0.4) is 0 Å². The van der Waals surface area contributed by atoms with Crippen molar-refractivity contribution in [3.05, 3.63) is 11.6 Å². The number of allylic oxidation sites excluding steroid dienone is 1. The van der Waals surface area contributed by atoms with Gasteiger partial charge in [-0.2, -0.15) is 0 Å². The first-order valence-electron chi connectivity index (χ1n) is 30.1. The van der Waals surface area contributed by atoms with E-state index < -0.39 is 62.3 Å². The number of carbonyl (C=O) groups excluding carboxylic acids is 5. The Kier molecular flexibility index (Phi) is 30.0. The van der Waals surface area contributed by atoms with Crippen molar-refractivity contribution < 1.29 is 57.1 Å². The summed E-state index contributed by atoms with van der Waals surface area (Å²) in [5.41, 5.74) is 32.4. The molecule has 25 heteroatoms. The molecule has 0 heterocycles. The molecule has 16 N–H and O–H groups in total. The first kappa shape index (κ1) is 68.5. The highest BCUT2D eigenvalue weighted by Crippen LogP contribution is 2.69. The molecule has 9 atom stereocenters. The predicted molar refractivity (Wildman–Crippen MR) is 314 cm³/mol. The Labute approximate surface area is 486 Å². The summed E-state index contributed by atoms with van der Waals surface area (Å²) in [6.07, 6.45) is 18.3. The molecule has 0 spiro atoms. The number of ether oxygens (including phenoxy) is 7. The SMILES string of the molecule is CCCC(C)CCCC(C)C1CCC2C3CC=C4CC(OC(=O)OCCOCCOCC(=O)NC(COC(=O)NCCCN=C(N)N)(COC(=O)NCCCN=C(N)N)COC(=O)NCCCN=C(N)N)CCC4(C)C3CCC12CCC. The molecule has 0 aromatic carbocycles. The summed E-state index contributed by atoms with van der Waals surface area (Å²) in [5.74, 6) is 3.58. The standard InChI is InChI=1S/C57H103N13O12/c1-6-12-39(3)13-8-14-40(4)44-17-18-46-43-16-15-41-34-42(19-22-55(41,5)45(43)20-23-57(44,46)21-7-2)82-54(75)78-33-32-76-30-31-77-35-47(71)70-56(36-79-51(72)67-27-9-24-64-48(58)59,37-80-52(73)68-28-10-25-65-49(60)61)38-81-53(74)69-29-11-26-66-50(62)63/h15,39-40,42-46H,6-14,16-38H2,1-5H3,(H,67,72)(H,68,73)(H,69,74)(H,70,71)(H4,58,59,64)(H4,60,61,65)(H4,62,63,66). The average Bonchev–Trinajstić information content (AvgIpc) is 1.58. The monoisotopic (exact) mass is 1160 g/mol. The van der Waals surface area contributed by atoms with E-state index in [1.807, 2.05) is 0 Å². The van der Waals surface area contributed by atoms with E-state index >= 15 is 0 Å². The fraction of sp³-hybridized carbons (Fsp3) is 0.825. The van der Waals surface area contributed by atoms with Crippen LogP contribution in [0.1, 0.15) is 150 Å². The molecule has 0 saturated heterocycles. The van der Waals surface area contributed by atoms with Crippen molar-refractivity contribution >= 4 is 48.2 Å². The average molecular weight is 1160 g/mol. The quantitative estimate of drug-likeness (QED) is 0.00958. The van der Waals surface area contributed by atoms with Gasteiger partial charge < -0.3 is 88.8 Å². The van der Waals surface area contributed by atoms with Gasteiger partial charge in [-0.05, 0) is 117 Å². The highest BCUT2D eigenvalue weighted by atomic mass is 16.7. The molecule has 25 nitrogen and oxygen atoms in total. The van der Waals surface area contributed by atoms with Gasteiger partial charge in [-0.3, -0.25) is 19.8 Å². The van der Waals surface area contributed by atoms with E-state index in [1.54, 1.807) is 0 Å². The van der Waals surface area contributed by atoms with Crippen molar-refractivity contribution in [2.24, 2.45) is 95.7 Å². The van der Waals surface area contributed by atoms with Crippen molar-refractivity contribution in [3.8, 4) is 0 Å². The molecule has 0 aromatic rings. The lowest BCUT2D eigenvalue weighted by Crippen LogP contribution is -2.60. The third-order valence-corrected chi connectivity index (χ3v) is 17.2. The van der Waals surface area contributed by atoms with Crippen LogP contribution in [0.2, 0.25) is 0 Å². The second-order valence-corrected chi connectivity index (χ2v) is 23.3. The minimum absolute atomic E-state index is 0.0400. The molecule has 4 aliphatic rings. The highest BCUT2D eigenvalue weighted by Gasteiger charge is 2.60. The van der Waals surface area contributed by atoms with Crippen LogP contribution in [0, 0.1) is 46.3 Å². The van der Waals surface area contributed by atoms with Crippen molar-refractivity contribution in [1.82, 2.24) is 21.3 Å². The molecule has 4 amide bonds. The Hall–Kier alpha value is -5.98. The highest BCUT2D eigenvalue weighted by molar-refractivity contribution is 5.79. The van der Waals surface area contributed by atoms with Gasteiger partial charge in [0.15, 0.2) is 17.9 Å².